The van der Waals surface area contributed by atoms with Crippen molar-refractivity contribution >= 4 is 35.5 Å². The summed E-state index contributed by atoms with van der Waals surface area (Å²) in [7, 11) is 1.54. The number of hydrogen-bond acceptors (Lipinski definition) is 10. The van der Waals surface area contributed by atoms with E-state index in [4.69, 9.17) is 14.2 Å². The van der Waals surface area contributed by atoms with E-state index in [0.29, 0.717) is 36.5 Å². The molecule has 2 fully saturated rings. The van der Waals surface area contributed by atoms with Crippen LogP contribution in [0, 0.1) is 0 Å². The van der Waals surface area contributed by atoms with E-state index in [1.165, 1.54) is 0 Å². The maximum atomic E-state index is 12.8. The number of amides is 2. The van der Waals surface area contributed by atoms with Crippen LogP contribution in [0.1, 0.15) is 12.0 Å². The molecule has 0 bridgehead atoms. The molecule has 2 aromatic heterocycles. The quantitative estimate of drug-likeness (QED) is 0.661. The van der Waals surface area contributed by atoms with Crippen LogP contribution in [0.4, 0.5) is 22.2 Å². The Morgan fingerprint density at radius 1 is 1.22 bits per heavy atom. The molecule has 0 unspecified atom stereocenters. The molecule has 12 nitrogen and oxygen atoms in total. The highest BCUT2D eigenvalue weighted by molar-refractivity contribution is 5.95. The van der Waals surface area contributed by atoms with Gasteiger partial charge in [0, 0.05) is 43.6 Å². The molecule has 6 heterocycles. The average molecular weight is 492 g/mol. The molecule has 0 radical (unpaired) electrons. The van der Waals surface area contributed by atoms with Gasteiger partial charge >= 0.3 is 12.1 Å². The standard InChI is InChI=1S/C24H25N7O5/c1-14-3-4-15-11-25-23(34-2)28-22(15)30(14)10-9-29-8-7-16-18(12-29)36-24(33)31(16)19-6-5-17-21(26-19)27-20(32)13-35-17/h3-6,11,16,18H,1,7-10,12-13H2,2H3,(H,26,27,32)/t16-,18-/m1/s1. The van der Waals surface area contributed by atoms with Crippen molar-refractivity contribution in [1.82, 2.24) is 19.9 Å². The summed E-state index contributed by atoms with van der Waals surface area (Å²) in [4.78, 5) is 43.5. The second-order valence-electron chi connectivity index (χ2n) is 8.91. The van der Waals surface area contributed by atoms with Crippen molar-refractivity contribution in [2.45, 2.75) is 18.6 Å². The van der Waals surface area contributed by atoms with Crippen LogP contribution in [-0.4, -0.2) is 83.9 Å². The van der Waals surface area contributed by atoms with Crippen LogP contribution in [0.15, 0.2) is 36.7 Å². The number of nitrogens with one attached hydrogen (secondary N) is 1. The Bertz CT molecular complexity index is 1280. The third-order valence-corrected chi connectivity index (χ3v) is 6.75. The minimum Gasteiger partial charge on any atom is -0.480 e. The Hall–Kier alpha value is -4.19. The van der Waals surface area contributed by atoms with Gasteiger partial charge in [0.25, 0.3) is 5.91 Å². The second kappa shape index (κ2) is 8.79. The third-order valence-electron chi connectivity index (χ3n) is 6.75. The first-order valence-electron chi connectivity index (χ1n) is 11.7. The fourth-order valence-electron chi connectivity index (χ4n) is 4.96. The van der Waals surface area contributed by atoms with Crippen molar-refractivity contribution in [1.29, 1.82) is 0 Å². The van der Waals surface area contributed by atoms with E-state index >= 15 is 0 Å². The number of likely N-dealkylation sites (tertiary alicyclic amines) is 1. The van der Waals surface area contributed by atoms with E-state index in [-0.39, 0.29) is 24.7 Å². The van der Waals surface area contributed by atoms with Crippen LogP contribution >= 0.6 is 0 Å². The fraction of sp³-hybridized carbons (Fsp3) is 0.375. The number of methoxy groups -OCH3 is 1. The predicted octanol–water partition coefficient (Wildman–Crippen LogP) is 1.66. The third kappa shape index (κ3) is 3.88. The predicted molar refractivity (Wildman–Crippen MR) is 130 cm³/mol. The molecule has 2 saturated heterocycles. The van der Waals surface area contributed by atoms with E-state index in [1.54, 1.807) is 30.3 Å². The Morgan fingerprint density at radius 3 is 2.97 bits per heavy atom. The first kappa shape index (κ1) is 22.3. The van der Waals surface area contributed by atoms with Crippen molar-refractivity contribution in [2.24, 2.45) is 0 Å². The highest BCUT2D eigenvalue weighted by atomic mass is 16.6. The number of pyridine rings is 1. The van der Waals surface area contributed by atoms with Crippen molar-refractivity contribution in [3.8, 4) is 11.8 Å². The van der Waals surface area contributed by atoms with Gasteiger partial charge in [0.1, 0.15) is 17.7 Å². The number of hydrogen-bond donors (Lipinski definition) is 1. The summed E-state index contributed by atoms with van der Waals surface area (Å²) < 4.78 is 16.3. The summed E-state index contributed by atoms with van der Waals surface area (Å²) in [6.45, 7) is 6.90. The van der Waals surface area contributed by atoms with Gasteiger partial charge < -0.3 is 24.4 Å². The van der Waals surface area contributed by atoms with Crippen LogP contribution < -0.4 is 24.6 Å². The van der Waals surface area contributed by atoms with Crippen molar-refractivity contribution < 1.29 is 23.8 Å². The summed E-state index contributed by atoms with van der Waals surface area (Å²) in [5.41, 5.74) is 1.74. The lowest BCUT2D eigenvalue weighted by atomic mass is 10.0. The zero-order valence-corrected chi connectivity index (χ0v) is 19.7. The molecule has 0 aromatic carbocycles. The molecule has 6 rings (SSSR count). The summed E-state index contributed by atoms with van der Waals surface area (Å²) in [6.07, 6.45) is 5.63. The number of nitrogens with zero attached hydrogens (tertiary/aromatic N) is 6. The molecule has 36 heavy (non-hydrogen) atoms. The lowest BCUT2D eigenvalue weighted by Gasteiger charge is -2.37. The molecule has 2 amide bonds. The van der Waals surface area contributed by atoms with Gasteiger partial charge in [-0.1, -0.05) is 6.58 Å². The van der Waals surface area contributed by atoms with Crippen LogP contribution in [-0.2, 0) is 9.53 Å². The van der Waals surface area contributed by atoms with Gasteiger partial charge in [0.15, 0.2) is 18.2 Å². The number of piperidine rings is 1. The first-order valence-corrected chi connectivity index (χ1v) is 11.7. The lowest BCUT2D eigenvalue weighted by molar-refractivity contribution is -0.118. The van der Waals surface area contributed by atoms with E-state index in [2.05, 4.69) is 31.7 Å². The van der Waals surface area contributed by atoms with Crippen molar-refractivity contribution in [2.75, 3.05) is 55.0 Å². The topological polar surface area (TPSA) is 122 Å². The summed E-state index contributed by atoms with van der Waals surface area (Å²) in [6, 6.07) is 3.60. The van der Waals surface area contributed by atoms with Crippen molar-refractivity contribution in [3.05, 3.63) is 42.2 Å². The highest BCUT2D eigenvalue weighted by Gasteiger charge is 2.46. The Labute approximate surface area is 207 Å². The molecular formula is C24H25N7O5. The van der Waals surface area contributed by atoms with Crippen LogP contribution in [0.5, 0.6) is 11.8 Å². The second-order valence-corrected chi connectivity index (χ2v) is 8.91. The Balaban J connectivity index is 1.13. The molecule has 186 valence electrons. The summed E-state index contributed by atoms with van der Waals surface area (Å²) in [5.74, 6) is 1.72. The molecule has 1 N–H and O–H groups in total. The molecule has 2 aromatic rings. The number of rotatable bonds is 5. The number of fused-ring (bicyclic) bond motifs is 3. The molecule has 4 aliphatic rings. The van der Waals surface area contributed by atoms with Gasteiger partial charge in [-0.2, -0.15) is 4.98 Å². The van der Waals surface area contributed by atoms with Crippen LogP contribution in [0.2, 0.25) is 0 Å². The first-order chi connectivity index (χ1) is 17.5. The van der Waals surface area contributed by atoms with Gasteiger partial charge in [0.2, 0.25) is 0 Å². The van der Waals surface area contributed by atoms with Gasteiger partial charge in [-0.25, -0.2) is 14.8 Å². The zero-order chi connectivity index (χ0) is 24.8. The van der Waals surface area contributed by atoms with Crippen LogP contribution in [0.3, 0.4) is 0 Å². The lowest BCUT2D eigenvalue weighted by Crippen LogP contribution is -2.51. The molecule has 0 spiro atoms. The van der Waals surface area contributed by atoms with E-state index in [9.17, 15) is 9.59 Å². The minimum atomic E-state index is -0.436. The molecule has 4 aliphatic heterocycles. The monoisotopic (exact) mass is 491 g/mol. The molecule has 12 heteroatoms. The van der Waals surface area contributed by atoms with E-state index in [1.807, 2.05) is 17.1 Å². The molecule has 0 saturated carbocycles. The smallest absolute Gasteiger partial charge is 0.416 e. The number of carbonyl (C=O) groups excluding carboxylic acids is 2. The fourth-order valence-corrected chi connectivity index (χ4v) is 4.96. The minimum absolute atomic E-state index is 0.0482. The van der Waals surface area contributed by atoms with Gasteiger partial charge in [-0.3, -0.25) is 14.6 Å². The summed E-state index contributed by atoms with van der Waals surface area (Å²) >= 11 is 0. The van der Waals surface area contributed by atoms with E-state index in [0.717, 1.165) is 36.6 Å². The van der Waals surface area contributed by atoms with Crippen molar-refractivity contribution in [3.63, 3.8) is 0 Å². The van der Waals surface area contributed by atoms with Gasteiger partial charge in [-0.15, -0.1) is 0 Å². The zero-order valence-electron chi connectivity index (χ0n) is 19.7. The molecule has 2 atom stereocenters. The maximum Gasteiger partial charge on any atom is 0.416 e. The Kier molecular flexibility index (Phi) is 5.44. The average Bonchev–Trinajstić information content (AvgIpc) is 3.22. The number of anilines is 3. The number of carbonyl (C=O) groups is 2. The number of ether oxygens (including phenoxy) is 3. The van der Waals surface area contributed by atoms with Gasteiger partial charge in [-0.05, 0) is 30.7 Å². The van der Waals surface area contributed by atoms with Crippen LogP contribution in [0.25, 0.3) is 6.08 Å². The van der Waals surface area contributed by atoms with Gasteiger partial charge in [0.05, 0.1) is 13.2 Å². The number of allylic oxidation sites excluding steroid dienone is 1. The largest absolute Gasteiger partial charge is 0.480 e. The molecular weight excluding hydrogens is 466 g/mol. The normalized spacial score (nSPS) is 22.9. The molecule has 0 aliphatic carbocycles. The SMILES string of the molecule is C=C1C=Cc2cnc(OC)nc2N1CCN1CC[C@@H]2[C@@H](C1)OC(=O)N2c1ccc2c(n1)NC(=O)CO2. The Morgan fingerprint density at radius 2 is 2.11 bits per heavy atom. The number of aromatic nitrogens is 3. The van der Waals surface area contributed by atoms with E-state index < -0.39 is 6.09 Å². The highest BCUT2D eigenvalue weighted by Crippen LogP contribution is 2.35. The maximum absolute atomic E-state index is 12.8. The summed E-state index contributed by atoms with van der Waals surface area (Å²) in [5, 5.41) is 2.69.